The normalized spacial score (nSPS) is 17.2. The zero-order chi connectivity index (χ0) is 26.4. The molecule has 1 aromatic carbocycles. The first-order valence-corrected chi connectivity index (χ1v) is 12.6. The fourth-order valence-corrected chi connectivity index (χ4v) is 4.18. The van der Waals surface area contributed by atoms with Gasteiger partial charge in [-0.1, -0.05) is 6.92 Å². The number of hydrogen-bond acceptors (Lipinski definition) is 7. The van der Waals surface area contributed by atoms with Crippen LogP contribution in [0.5, 0.6) is 11.8 Å². The van der Waals surface area contributed by atoms with E-state index in [-0.39, 0.29) is 12.2 Å². The second kappa shape index (κ2) is 11.8. The van der Waals surface area contributed by atoms with Crippen LogP contribution in [-0.4, -0.2) is 48.2 Å². The number of rotatable bonds is 6. The minimum Gasteiger partial charge on any atom is -0.491 e. The molecule has 194 valence electrons. The molecule has 9 heteroatoms. The van der Waals surface area contributed by atoms with Crippen molar-refractivity contribution in [2.75, 3.05) is 0 Å². The number of carbonyl (C=O) groups is 1. The summed E-state index contributed by atoms with van der Waals surface area (Å²) in [5, 5.41) is 7.42. The third-order valence-corrected chi connectivity index (χ3v) is 6.02. The topological polar surface area (TPSA) is 123 Å². The van der Waals surface area contributed by atoms with Gasteiger partial charge in [0, 0.05) is 42.7 Å². The van der Waals surface area contributed by atoms with Crippen LogP contribution in [0.3, 0.4) is 0 Å². The summed E-state index contributed by atoms with van der Waals surface area (Å²) in [4.78, 5) is 30.5. The van der Waals surface area contributed by atoms with Crippen LogP contribution in [0.25, 0.3) is 33.7 Å². The van der Waals surface area contributed by atoms with E-state index in [9.17, 15) is 0 Å². The summed E-state index contributed by atoms with van der Waals surface area (Å²) in [5.41, 5.74) is 4.39. The Morgan fingerprint density at radius 3 is 2.30 bits per heavy atom. The molecule has 3 aromatic heterocycles. The molecule has 0 bridgehead atoms. The highest BCUT2D eigenvalue weighted by molar-refractivity contribution is 5.80. The molecule has 1 aliphatic carbocycles. The number of carboxylic acids is 1. The SMILES string of the molecule is CC(=O)O.CC1CCC(Oc2ncc(-c3ccc(-c4nc5ccc(OC(C)C)cc5[nH]4)cn3)cn2)CC1. The number of ether oxygens (including phenoxy) is 2. The van der Waals surface area contributed by atoms with E-state index in [1.807, 2.05) is 50.4 Å². The largest absolute Gasteiger partial charge is 0.491 e. The fraction of sp³-hybridized carbons (Fsp3) is 0.393. The smallest absolute Gasteiger partial charge is 0.316 e. The molecule has 0 spiro atoms. The Morgan fingerprint density at radius 1 is 1.00 bits per heavy atom. The Hall–Kier alpha value is -4.01. The quantitative estimate of drug-likeness (QED) is 0.332. The maximum atomic E-state index is 9.00. The minimum absolute atomic E-state index is 0.127. The van der Waals surface area contributed by atoms with Gasteiger partial charge < -0.3 is 19.6 Å². The molecule has 0 unspecified atom stereocenters. The first-order chi connectivity index (χ1) is 17.8. The Labute approximate surface area is 216 Å². The molecular formula is C28H33N5O4. The lowest BCUT2D eigenvalue weighted by atomic mass is 9.89. The molecule has 0 saturated heterocycles. The van der Waals surface area contributed by atoms with Gasteiger partial charge >= 0.3 is 6.01 Å². The van der Waals surface area contributed by atoms with Gasteiger partial charge in [0.15, 0.2) is 0 Å². The number of aromatic nitrogens is 5. The summed E-state index contributed by atoms with van der Waals surface area (Å²) in [6.45, 7) is 7.41. The first kappa shape index (κ1) is 26.1. The van der Waals surface area contributed by atoms with Gasteiger partial charge in [0.1, 0.15) is 17.7 Å². The average molecular weight is 504 g/mol. The molecular weight excluding hydrogens is 470 g/mol. The van der Waals surface area contributed by atoms with Crippen molar-refractivity contribution < 1.29 is 19.4 Å². The van der Waals surface area contributed by atoms with Crippen LogP contribution < -0.4 is 9.47 Å². The van der Waals surface area contributed by atoms with Crippen LogP contribution in [0.1, 0.15) is 53.4 Å². The summed E-state index contributed by atoms with van der Waals surface area (Å²) in [6, 6.07) is 10.3. The number of aliphatic carboxylic acids is 1. The van der Waals surface area contributed by atoms with Gasteiger partial charge in [-0.05, 0) is 69.7 Å². The van der Waals surface area contributed by atoms with E-state index in [1.54, 1.807) is 12.4 Å². The number of fused-ring (bicyclic) bond motifs is 1. The van der Waals surface area contributed by atoms with Gasteiger partial charge in [-0.2, -0.15) is 0 Å². The molecule has 3 heterocycles. The molecule has 37 heavy (non-hydrogen) atoms. The molecule has 9 nitrogen and oxygen atoms in total. The maximum absolute atomic E-state index is 9.00. The van der Waals surface area contributed by atoms with Crippen LogP contribution in [-0.2, 0) is 4.79 Å². The number of imidazole rings is 1. The minimum atomic E-state index is -0.833. The summed E-state index contributed by atoms with van der Waals surface area (Å²) in [7, 11) is 0. The molecule has 5 rings (SSSR count). The van der Waals surface area contributed by atoms with Crippen LogP contribution in [0.15, 0.2) is 48.9 Å². The number of H-pyrrole nitrogens is 1. The highest BCUT2D eigenvalue weighted by Crippen LogP contribution is 2.27. The van der Waals surface area contributed by atoms with E-state index in [1.165, 1.54) is 12.8 Å². The molecule has 0 aliphatic heterocycles. The Morgan fingerprint density at radius 2 is 1.68 bits per heavy atom. The van der Waals surface area contributed by atoms with Gasteiger partial charge in [-0.25, -0.2) is 15.0 Å². The third-order valence-electron chi connectivity index (χ3n) is 6.02. The van der Waals surface area contributed by atoms with Gasteiger partial charge in [0.05, 0.1) is 22.8 Å². The molecule has 0 amide bonds. The van der Waals surface area contributed by atoms with E-state index in [0.29, 0.717) is 6.01 Å². The number of nitrogens with one attached hydrogen (secondary N) is 1. The zero-order valence-electron chi connectivity index (χ0n) is 21.6. The Bertz CT molecular complexity index is 1310. The summed E-state index contributed by atoms with van der Waals surface area (Å²) < 4.78 is 11.7. The molecule has 0 atom stereocenters. The van der Waals surface area contributed by atoms with Crippen LogP contribution in [0.4, 0.5) is 0 Å². The van der Waals surface area contributed by atoms with E-state index >= 15 is 0 Å². The maximum Gasteiger partial charge on any atom is 0.316 e. The van der Waals surface area contributed by atoms with E-state index in [4.69, 9.17) is 19.4 Å². The molecule has 4 aromatic rings. The predicted octanol–water partition coefficient (Wildman–Crippen LogP) is 5.92. The van der Waals surface area contributed by atoms with Gasteiger partial charge in [-0.3, -0.25) is 9.78 Å². The number of carboxylic acid groups (broad SMARTS) is 1. The monoisotopic (exact) mass is 503 g/mol. The summed E-state index contributed by atoms with van der Waals surface area (Å²) in [6.07, 6.45) is 10.3. The van der Waals surface area contributed by atoms with E-state index < -0.39 is 5.97 Å². The van der Waals surface area contributed by atoms with Gasteiger partial charge in [0.2, 0.25) is 0 Å². The number of aromatic amines is 1. The van der Waals surface area contributed by atoms with Gasteiger partial charge in [-0.15, -0.1) is 0 Å². The van der Waals surface area contributed by atoms with Crippen molar-refractivity contribution in [1.29, 1.82) is 0 Å². The summed E-state index contributed by atoms with van der Waals surface area (Å²) in [5.74, 6) is 1.55. The number of hydrogen-bond donors (Lipinski definition) is 2. The molecule has 0 radical (unpaired) electrons. The Kier molecular flexibility index (Phi) is 8.32. The lowest BCUT2D eigenvalue weighted by Crippen LogP contribution is -2.23. The van der Waals surface area contributed by atoms with Crippen molar-refractivity contribution in [3.8, 4) is 34.4 Å². The second-order valence-electron chi connectivity index (χ2n) is 9.64. The van der Waals surface area contributed by atoms with Crippen molar-refractivity contribution in [1.82, 2.24) is 24.9 Å². The Balaban J connectivity index is 0.000000747. The number of pyridine rings is 1. The van der Waals surface area contributed by atoms with Crippen LogP contribution in [0, 0.1) is 5.92 Å². The second-order valence-corrected chi connectivity index (χ2v) is 9.64. The van der Waals surface area contributed by atoms with Crippen LogP contribution >= 0.6 is 0 Å². The van der Waals surface area contributed by atoms with E-state index in [2.05, 4.69) is 31.8 Å². The van der Waals surface area contributed by atoms with Crippen molar-refractivity contribution in [2.24, 2.45) is 5.92 Å². The fourth-order valence-electron chi connectivity index (χ4n) is 4.18. The van der Waals surface area contributed by atoms with Crippen molar-refractivity contribution in [3.05, 3.63) is 48.9 Å². The highest BCUT2D eigenvalue weighted by atomic mass is 16.5. The highest BCUT2D eigenvalue weighted by Gasteiger charge is 2.20. The first-order valence-electron chi connectivity index (χ1n) is 12.6. The molecule has 1 saturated carbocycles. The van der Waals surface area contributed by atoms with Gasteiger partial charge in [0.25, 0.3) is 5.97 Å². The lowest BCUT2D eigenvalue weighted by Gasteiger charge is -2.25. The molecule has 1 aliphatic rings. The van der Waals surface area contributed by atoms with E-state index in [0.717, 1.165) is 65.1 Å². The zero-order valence-corrected chi connectivity index (χ0v) is 21.6. The average Bonchev–Trinajstić information content (AvgIpc) is 3.29. The molecule has 2 N–H and O–H groups in total. The predicted molar refractivity (Wildman–Crippen MR) is 141 cm³/mol. The number of benzene rings is 1. The van der Waals surface area contributed by atoms with Crippen molar-refractivity contribution >= 4 is 17.0 Å². The molecule has 1 fully saturated rings. The van der Waals surface area contributed by atoms with Crippen molar-refractivity contribution in [2.45, 2.75) is 65.6 Å². The standard InChI is InChI=1S/C26H29N5O2.C2H4O2/c1-16(2)32-21-9-11-23-24(12-21)31-25(30-23)18-6-10-22(27-13-18)19-14-28-26(29-15-19)33-20-7-4-17(3)5-8-20;1-2(3)4/h6,9-17,20H,4-5,7-8H2,1-3H3,(H,30,31);1H3,(H,3,4). The van der Waals surface area contributed by atoms with Crippen molar-refractivity contribution in [3.63, 3.8) is 0 Å². The van der Waals surface area contributed by atoms with Crippen LogP contribution in [0.2, 0.25) is 0 Å². The third kappa shape index (κ3) is 7.25. The summed E-state index contributed by atoms with van der Waals surface area (Å²) >= 11 is 0. The lowest BCUT2D eigenvalue weighted by molar-refractivity contribution is -0.134. The number of nitrogens with zero attached hydrogens (tertiary/aromatic N) is 4.